The summed E-state index contributed by atoms with van der Waals surface area (Å²) in [6.45, 7) is 1.62. The molecular weight excluding hydrogens is 306 g/mol. The Morgan fingerprint density at radius 1 is 1.17 bits per heavy atom. The number of fused-ring (bicyclic) bond motifs is 3. The largest absolute Gasteiger partial charge is 0.378 e. The lowest BCUT2D eigenvalue weighted by Gasteiger charge is -2.37. The first kappa shape index (κ1) is 14.5. The van der Waals surface area contributed by atoms with Crippen LogP contribution < -0.4 is 5.32 Å². The Balaban J connectivity index is 1.77. The maximum absolute atomic E-state index is 11.7. The van der Waals surface area contributed by atoms with Crippen LogP contribution in [0, 0.1) is 5.92 Å². The Kier molecular flexibility index (Phi) is 3.50. The molecule has 2 aromatic carbocycles. The predicted molar refractivity (Wildman–Crippen MR) is 94.3 cm³/mol. The maximum atomic E-state index is 11.7. The van der Waals surface area contributed by atoms with Gasteiger partial charge in [0.15, 0.2) is 5.78 Å². The van der Waals surface area contributed by atoms with Gasteiger partial charge in [0, 0.05) is 22.2 Å². The van der Waals surface area contributed by atoms with Crippen molar-refractivity contribution in [2.75, 3.05) is 5.32 Å². The topological polar surface area (TPSA) is 29.1 Å². The van der Waals surface area contributed by atoms with Crippen LogP contribution in [0.5, 0.6) is 0 Å². The number of carbonyl (C=O) groups is 1. The molecule has 0 aromatic heterocycles. The third kappa shape index (κ3) is 2.47. The van der Waals surface area contributed by atoms with Gasteiger partial charge in [-0.2, -0.15) is 0 Å². The standard InChI is InChI=1S/C20H18ClNO/c1-12(23)14-7-10-19-18(11-14)16-3-2-4-17(16)20(22-19)13-5-8-15(21)9-6-13/h2-3,5-11,16-17,20,22H,4H2,1H3/t16-,17-,20+/m0/s1. The minimum atomic E-state index is 0.117. The lowest BCUT2D eigenvalue weighted by atomic mass is 9.76. The summed E-state index contributed by atoms with van der Waals surface area (Å²) in [6.07, 6.45) is 5.60. The average Bonchev–Trinajstić information content (AvgIpc) is 3.04. The molecule has 0 saturated carbocycles. The zero-order valence-corrected chi connectivity index (χ0v) is 13.7. The number of ketones is 1. The molecule has 1 aliphatic carbocycles. The third-order valence-corrected chi connectivity index (χ3v) is 5.25. The highest BCUT2D eigenvalue weighted by atomic mass is 35.5. The first-order valence-corrected chi connectivity index (χ1v) is 8.35. The number of Topliss-reactive ketones (excluding diaryl/α,β-unsaturated/α-hetero) is 1. The summed E-state index contributed by atoms with van der Waals surface area (Å²) in [5.74, 6) is 0.961. The van der Waals surface area contributed by atoms with E-state index in [2.05, 4.69) is 35.7 Å². The number of hydrogen-bond acceptors (Lipinski definition) is 2. The summed E-state index contributed by atoms with van der Waals surface area (Å²) < 4.78 is 0. The van der Waals surface area contributed by atoms with Gasteiger partial charge in [0.05, 0.1) is 6.04 Å². The van der Waals surface area contributed by atoms with Crippen LogP contribution in [0.2, 0.25) is 5.02 Å². The van der Waals surface area contributed by atoms with Gasteiger partial charge in [0.1, 0.15) is 0 Å². The van der Waals surface area contributed by atoms with Gasteiger partial charge in [-0.05, 0) is 60.7 Å². The number of anilines is 1. The number of benzene rings is 2. The molecule has 3 atom stereocenters. The van der Waals surface area contributed by atoms with E-state index in [1.165, 1.54) is 11.1 Å². The fourth-order valence-electron chi connectivity index (χ4n) is 3.81. The van der Waals surface area contributed by atoms with Crippen LogP contribution in [-0.4, -0.2) is 5.78 Å². The monoisotopic (exact) mass is 323 g/mol. The van der Waals surface area contributed by atoms with Gasteiger partial charge in [-0.1, -0.05) is 35.9 Å². The number of carbonyl (C=O) groups excluding carboxylic acids is 1. The SMILES string of the molecule is CC(=O)c1ccc2c(c1)[C@H]1C=CC[C@@H]1[C@@H](c1ccc(Cl)cc1)N2. The van der Waals surface area contributed by atoms with Crippen molar-refractivity contribution >= 4 is 23.1 Å². The summed E-state index contributed by atoms with van der Waals surface area (Å²) in [4.78, 5) is 11.7. The molecule has 4 rings (SSSR count). The number of rotatable bonds is 2. The average molecular weight is 324 g/mol. The van der Waals surface area contributed by atoms with Crippen molar-refractivity contribution in [3.8, 4) is 0 Å². The summed E-state index contributed by atoms with van der Waals surface area (Å²) in [5, 5.41) is 4.44. The summed E-state index contributed by atoms with van der Waals surface area (Å²) in [7, 11) is 0. The maximum Gasteiger partial charge on any atom is 0.159 e. The lowest BCUT2D eigenvalue weighted by molar-refractivity contribution is 0.101. The van der Waals surface area contributed by atoms with Crippen LogP contribution in [0.25, 0.3) is 0 Å². The molecule has 2 nitrogen and oxygen atoms in total. The molecule has 23 heavy (non-hydrogen) atoms. The van der Waals surface area contributed by atoms with Crippen LogP contribution in [0.15, 0.2) is 54.6 Å². The van der Waals surface area contributed by atoms with Crippen molar-refractivity contribution in [3.05, 3.63) is 76.3 Å². The third-order valence-electron chi connectivity index (χ3n) is 5.00. The summed E-state index contributed by atoms with van der Waals surface area (Å²) >= 11 is 6.03. The highest BCUT2D eigenvalue weighted by Crippen LogP contribution is 2.49. The zero-order chi connectivity index (χ0) is 16.0. The Morgan fingerprint density at radius 3 is 2.70 bits per heavy atom. The zero-order valence-electron chi connectivity index (χ0n) is 12.9. The van der Waals surface area contributed by atoms with Gasteiger partial charge in [-0.15, -0.1) is 0 Å². The van der Waals surface area contributed by atoms with E-state index >= 15 is 0 Å². The fourth-order valence-corrected chi connectivity index (χ4v) is 3.94. The van der Waals surface area contributed by atoms with Gasteiger partial charge >= 0.3 is 0 Å². The summed E-state index contributed by atoms with van der Waals surface area (Å²) in [6, 6.07) is 14.4. The smallest absolute Gasteiger partial charge is 0.159 e. The van der Waals surface area contributed by atoms with Crippen LogP contribution >= 0.6 is 11.6 Å². The number of allylic oxidation sites excluding steroid dienone is 2. The van der Waals surface area contributed by atoms with Gasteiger partial charge in [-0.3, -0.25) is 4.79 Å². The molecule has 0 fully saturated rings. The molecule has 2 aromatic rings. The molecule has 1 heterocycles. The molecule has 1 N–H and O–H groups in total. The van der Waals surface area contributed by atoms with Gasteiger partial charge in [-0.25, -0.2) is 0 Å². The second-order valence-corrected chi connectivity index (χ2v) is 6.82. The van der Waals surface area contributed by atoms with E-state index in [1.807, 2.05) is 24.3 Å². The molecule has 0 radical (unpaired) electrons. The Labute approximate surface area is 141 Å². The molecule has 0 bridgehead atoms. The van der Waals surface area contributed by atoms with E-state index in [1.54, 1.807) is 6.92 Å². The van der Waals surface area contributed by atoms with E-state index in [0.717, 1.165) is 22.7 Å². The van der Waals surface area contributed by atoms with Crippen molar-refractivity contribution in [2.24, 2.45) is 5.92 Å². The van der Waals surface area contributed by atoms with Crippen molar-refractivity contribution in [1.29, 1.82) is 0 Å². The van der Waals surface area contributed by atoms with Crippen LogP contribution in [-0.2, 0) is 0 Å². The highest BCUT2D eigenvalue weighted by molar-refractivity contribution is 6.30. The van der Waals surface area contributed by atoms with E-state index in [4.69, 9.17) is 11.6 Å². The minimum absolute atomic E-state index is 0.117. The predicted octanol–water partition coefficient (Wildman–Crippen LogP) is 5.37. The van der Waals surface area contributed by atoms with Crippen molar-refractivity contribution in [1.82, 2.24) is 0 Å². The summed E-state index contributed by atoms with van der Waals surface area (Å²) in [5.41, 5.74) is 4.41. The molecule has 3 heteroatoms. The number of hydrogen-bond donors (Lipinski definition) is 1. The molecule has 2 aliphatic rings. The van der Waals surface area contributed by atoms with E-state index in [-0.39, 0.29) is 11.8 Å². The lowest BCUT2D eigenvalue weighted by Crippen LogP contribution is -2.29. The Hall–Kier alpha value is -2.06. The van der Waals surface area contributed by atoms with Crippen molar-refractivity contribution < 1.29 is 4.79 Å². The van der Waals surface area contributed by atoms with E-state index in [0.29, 0.717) is 11.8 Å². The molecule has 1 aliphatic heterocycles. The number of nitrogens with one attached hydrogen (secondary N) is 1. The first-order valence-electron chi connectivity index (χ1n) is 7.97. The van der Waals surface area contributed by atoms with Crippen LogP contribution in [0.1, 0.15) is 46.8 Å². The molecule has 116 valence electrons. The van der Waals surface area contributed by atoms with Gasteiger partial charge in [0.25, 0.3) is 0 Å². The second-order valence-electron chi connectivity index (χ2n) is 6.39. The first-order chi connectivity index (χ1) is 11.1. The number of halogens is 1. The quantitative estimate of drug-likeness (QED) is 0.594. The molecule has 0 unspecified atom stereocenters. The molecule has 0 saturated heterocycles. The Bertz CT molecular complexity index is 794. The molecule has 0 spiro atoms. The second kappa shape index (κ2) is 5.54. The molecular formula is C20H18ClNO. The fraction of sp³-hybridized carbons (Fsp3) is 0.250. The van der Waals surface area contributed by atoms with Crippen molar-refractivity contribution in [2.45, 2.75) is 25.3 Å². The van der Waals surface area contributed by atoms with Crippen LogP contribution in [0.4, 0.5) is 5.69 Å². The van der Waals surface area contributed by atoms with E-state index < -0.39 is 0 Å². The minimum Gasteiger partial charge on any atom is -0.378 e. The van der Waals surface area contributed by atoms with Gasteiger partial charge < -0.3 is 5.32 Å². The molecule has 0 amide bonds. The highest BCUT2D eigenvalue weighted by Gasteiger charge is 2.37. The van der Waals surface area contributed by atoms with Crippen LogP contribution in [0.3, 0.4) is 0 Å². The normalized spacial score (nSPS) is 24.7. The van der Waals surface area contributed by atoms with Crippen molar-refractivity contribution in [3.63, 3.8) is 0 Å². The van der Waals surface area contributed by atoms with Gasteiger partial charge in [0.2, 0.25) is 0 Å². The Morgan fingerprint density at radius 2 is 1.96 bits per heavy atom. The van der Waals surface area contributed by atoms with E-state index in [9.17, 15) is 4.79 Å².